The molecular formula is C23H19ClF2N6O. The van der Waals surface area contributed by atoms with Crippen LogP contribution >= 0.6 is 11.6 Å². The maximum Gasteiger partial charge on any atom is 0.324 e. The Bertz CT molecular complexity index is 1410. The van der Waals surface area contributed by atoms with Crippen LogP contribution in [0.3, 0.4) is 0 Å². The lowest BCUT2D eigenvalue weighted by Crippen LogP contribution is -2.31. The molecule has 0 bridgehead atoms. The first-order valence-corrected chi connectivity index (χ1v) is 10.6. The van der Waals surface area contributed by atoms with Crippen molar-refractivity contribution in [2.24, 2.45) is 7.05 Å². The van der Waals surface area contributed by atoms with Gasteiger partial charge in [0.25, 0.3) is 0 Å². The van der Waals surface area contributed by atoms with E-state index in [-0.39, 0.29) is 18.4 Å². The lowest BCUT2D eigenvalue weighted by atomic mass is 10.0. The van der Waals surface area contributed by atoms with Crippen molar-refractivity contribution in [2.75, 3.05) is 23.7 Å². The summed E-state index contributed by atoms with van der Waals surface area (Å²) >= 11 is 6.14. The first-order valence-electron chi connectivity index (χ1n) is 10.2. The summed E-state index contributed by atoms with van der Waals surface area (Å²) in [6.45, 7) is 0.952. The van der Waals surface area contributed by atoms with Crippen molar-refractivity contribution in [3.05, 3.63) is 71.1 Å². The molecule has 0 atom stereocenters. The molecule has 168 valence electrons. The van der Waals surface area contributed by atoms with E-state index in [0.717, 1.165) is 0 Å². The Kier molecular flexibility index (Phi) is 5.13. The lowest BCUT2D eigenvalue weighted by Gasteiger charge is -2.20. The van der Waals surface area contributed by atoms with Gasteiger partial charge in [0.05, 0.1) is 5.39 Å². The average Bonchev–Trinajstić information content (AvgIpc) is 3.31. The number of halogens is 3. The van der Waals surface area contributed by atoms with Crippen molar-refractivity contribution >= 4 is 40.2 Å². The monoisotopic (exact) mass is 468 g/mol. The SMILES string of the molecule is Cn1cc(-c2ccc(N3CCN(Cc4cc(F)ccc4Cl)C3=O)cc2F)c2c(N)ncnc21. The van der Waals surface area contributed by atoms with Crippen LogP contribution in [0.5, 0.6) is 0 Å². The molecule has 2 N–H and O–H groups in total. The second-order valence-corrected chi connectivity index (χ2v) is 8.27. The van der Waals surface area contributed by atoms with E-state index in [9.17, 15) is 9.18 Å². The standard InChI is InChI=1S/C23H19ClF2N6O/c1-30-11-17(20-21(27)28-12-29-22(20)30)16-4-3-15(9-19(16)26)32-7-6-31(23(32)33)10-13-8-14(25)2-5-18(13)24/h2-5,8-9,11-12H,6-7,10H2,1H3,(H2,27,28,29). The van der Waals surface area contributed by atoms with Crippen LogP contribution in [0.25, 0.3) is 22.2 Å². The molecule has 0 unspecified atom stereocenters. The number of benzene rings is 2. The van der Waals surface area contributed by atoms with Crippen LogP contribution in [0.2, 0.25) is 5.02 Å². The van der Waals surface area contributed by atoms with Gasteiger partial charge >= 0.3 is 6.03 Å². The molecular weight excluding hydrogens is 450 g/mol. The van der Waals surface area contributed by atoms with E-state index in [1.54, 1.807) is 34.8 Å². The number of anilines is 2. The summed E-state index contributed by atoms with van der Waals surface area (Å²) in [6, 6.07) is 8.37. The Labute approximate surface area is 193 Å². The minimum atomic E-state index is -0.498. The fourth-order valence-corrected chi connectivity index (χ4v) is 4.35. The third-order valence-corrected chi connectivity index (χ3v) is 6.17. The Morgan fingerprint density at radius 1 is 1.09 bits per heavy atom. The summed E-state index contributed by atoms with van der Waals surface area (Å²) < 4.78 is 30.6. The van der Waals surface area contributed by atoms with Crippen molar-refractivity contribution in [3.8, 4) is 11.1 Å². The maximum atomic E-state index is 15.2. The number of hydrogen-bond acceptors (Lipinski definition) is 4. The lowest BCUT2D eigenvalue weighted by molar-refractivity contribution is 0.218. The molecule has 7 nitrogen and oxygen atoms in total. The van der Waals surface area contributed by atoms with E-state index in [1.165, 1.54) is 35.5 Å². The zero-order chi connectivity index (χ0) is 23.3. The van der Waals surface area contributed by atoms with Gasteiger partial charge in [-0.25, -0.2) is 23.5 Å². The first-order chi connectivity index (χ1) is 15.8. The fourth-order valence-electron chi connectivity index (χ4n) is 4.17. The summed E-state index contributed by atoms with van der Waals surface area (Å²) in [4.78, 5) is 24.2. The van der Waals surface area contributed by atoms with Crippen LogP contribution in [-0.2, 0) is 13.6 Å². The predicted molar refractivity (Wildman–Crippen MR) is 123 cm³/mol. The highest BCUT2D eigenvalue weighted by atomic mass is 35.5. The predicted octanol–water partition coefficient (Wildman–Crippen LogP) is 4.59. The molecule has 1 aliphatic rings. The van der Waals surface area contributed by atoms with E-state index in [4.69, 9.17) is 17.3 Å². The largest absolute Gasteiger partial charge is 0.383 e. The molecule has 0 saturated carbocycles. The topological polar surface area (TPSA) is 80.3 Å². The molecule has 2 aromatic heterocycles. The Morgan fingerprint density at radius 2 is 1.91 bits per heavy atom. The number of urea groups is 1. The van der Waals surface area contributed by atoms with Crippen LogP contribution in [0, 0.1) is 11.6 Å². The summed E-state index contributed by atoms with van der Waals surface area (Å²) in [7, 11) is 1.80. The number of rotatable bonds is 4. The number of aromatic nitrogens is 3. The van der Waals surface area contributed by atoms with Gasteiger partial charge in [0, 0.05) is 54.7 Å². The van der Waals surface area contributed by atoms with Gasteiger partial charge in [0.15, 0.2) is 0 Å². The zero-order valence-electron chi connectivity index (χ0n) is 17.6. The normalized spacial score (nSPS) is 14.0. The van der Waals surface area contributed by atoms with E-state index >= 15 is 4.39 Å². The van der Waals surface area contributed by atoms with Crippen molar-refractivity contribution in [2.45, 2.75) is 6.54 Å². The van der Waals surface area contributed by atoms with Crippen LogP contribution in [0.15, 0.2) is 48.9 Å². The Morgan fingerprint density at radius 3 is 2.70 bits per heavy atom. The number of amides is 2. The third-order valence-electron chi connectivity index (χ3n) is 5.80. The molecule has 1 aliphatic heterocycles. The van der Waals surface area contributed by atoms with E-state index < -0.39 is 11.6 Å². The quantitative estimate of drug-likeness (QED) is 0.475. The van der Waals surface area contributed by atoms with Gasteiger partial charge in [-0.05, 0) is 42.0 Å². The van der Waals surface area contributed by atoms with Crippen molar-refractivity contribution in [1.29, 1.82) is 0 Å². The summed E-state index contributed by atoms with van der Waals surface area (Å²) in [5, 5.41) is 0.957. The number of carbonyl (C=O) groups is 1. The average molecular weight is 469 g/mol. The van der Waals surface area contributed by atoms with Gasteiger partial charge in [0.2, 0.25) is 0 Å². The maximum absolute atomic E-state index is 15.2. The number of fused-ring (bicyclic) bond motifs is 1. The van der Waals surface area contributed by atoms with Crippen molar-refractivity contribution in [1.82, 2.24) is 19.4 Å². The third kappa shape index (κ3) is 3.64. The van der Waals surface area contributed by atoms with Gasteiger partial charge in [0.1, 0.15) is 29.4 Å². The first kappa shape index (κ1) is 21.1. The Balaban J connectivity index is 1.43. The summed E-state index contributed by atoms with van der Waals surface area (Å²) in [5.74, 6) is -0.654. The minimum Gasteiger partial charge on any atom is -0.383 e. The van der Waals surface area contributed by atoms with E-state index in [2.05, 4.69) is 9.97 Å². The van der Waals surface area contributed by atoms with Gasteiger partial charge in [-0.15, -0.1) is 0 Å². The van der Waals surface area contributed by atoms with Crippen LogP contribution in [0.4, 0.5) is 25.1 Å². The molecule has 0 aliphatic carbocycles. The minimum absolute atomic E-state index is 0.168. The van der Waals surface area contributed by atoms with E-state index in [0.29, 0.717) is 51.5 Å². The highest BCUT2D eigenvalue weighted by Crippen LogP contribution is 2.35. The fraction of sp³-hybridized carbons (Fsp3) is 0.174. The number of nitrogen functional groups attached to an aromatic ring is 1. The van der Waals surface area contributed by atoms with Gasteiger partial charge in [-0.3, -0.25) is 4.90 Å². The molecule has 1 saturated heterocycles. The molecule has 2 aromatic carbocycles. The number of nitrogens with two attached hydrogens (primary N) is 1. The van der Waals surface area contributed by atoms with Gasteiger partial charge < -0.3 is 15.2 Å². The zero-order valence-corrected chi connectivity index (χ0v) is 18.4. The number of aryl methyl sites for hydroxylation is 1. The molecule has 0 radical (unpaired) electrons. The van der Waals surface area contributed by atoms with Crippen molar-refractivity contribution in [3.63, 3.8) is 0 Å². The molecule has 5 rings (SSSR count). The number of carbonyl (C=O) groups excluding carboxylic acids is 1. The highest BCUT2D eigenvalue weighted by Gasteiger charge is 2.30. The molecule has 10 heteroatoms. The number of hydrogen-bond donors (Lipinski definition) is 1. The van der Waals surface area contributed by atoms with Gasteiger partial charge in [-0.2, -0.15) is 0 Å². The molecule has 3 heterocycles. The molecule has 4 aromatic rings. The molecule has 2 amide bonds. The summed E-state index contributed by atoms with van der Waals surface area (Å²) in [5.41, 5.74) is 8.48. The van der Waals surface area contributed by atoms with E-state index in [1.807, 2.05) is 0 Å². The Hall–Kier alpha value is -3.72. The second-order valence-electron chi connectivity index (χ2n) is 7.87. The smallest absolute Gasteiger partial charge is 0.324 e. The van der Waals surface area contributed by atoms with Gasteiger partial charge in [-0.1, -0.05) is 11.6 Å². The second kappa shape index (κ2) is 8.00. The molecule has 1 fully saturated rings. The molecule has 0 spiro atoms. The highest BCUT2D eigenvalue weighted by molar-refractivity contribution is 6.31. The number of nitrogens with zero attached hydrogens (tertiary/aromatic N) is 5. The van der Waals surface area contributed by atoms with Crippen molar-refractivity contribution < 1.29 is 13.6 Å². The summed E-state index contributed by atoms with van der Waals surface area (Å²) in [6.07, 6.45) is 3.11. The van der Waals surface area contributed by atoms with Crippen LogP contribution in [-0.4, -0.2) is 38.6 Å². The van der Waals surface area contributed by atoms with Crippen LogP contribution in [0.1, 0.15) is 5.56 Å². The molecule has 33 heavy (non-hydrogen) atoms. The van der Waals surface area contributed by atoms with Crippen LogP contribution < -0.4 is 10.6 Å².